The molecule has 1 atom stereocenters. The summed E-state index contributed by atoms with van der Waals surface area (Å²) >= 11 is 0. The minimum atomic E-state index is 0.188. The molecule has 1 saturated carbocycles. The van der Waals surface area contributed by atoms with E-state index in [0.717, 1.165) is 63.0 Å². The first-order chi connectivity index (χ1) is 14.1. The van der Waals surface area contributed by atoms with Gasteiger partial charge in [0.2, 0.25) is 5.88 Å². The second-order valence-electron chi connectivity index (χ2n) is 8.48. The smallest absolute Gasteiger partial charge is 0.213 e. The summed E-state index contributed by atoms with van der Waals surface area (Å²) in [4.78, 5) is 11.2. The summed E-state index contributed by atoms with van der Waals surface area (Å²) in [7, 11) is 1.79. The lowest BCUT2D eigenvalue weighted by molar-refractivity contribution is -0.0284. The van der Waals surface area contributed by atoms with Crippen LogP contribution in [0.4, 0.5) is 0 Å². The first-order valence-corrected chi connectivity index (χ1v) is 11.0. The number of nitrogens with zero attached hydrogens (tertiary/aromatic N) is 3. The highest BCUT2D eigenvalue weighted by Gasteiger charge is 2.21. The zero-order chi connectivity index (χ0) is 20.5. The van der Waals surface area contributed by atoms with Crippen molar-refractivity contribution in [1.82, 2.24) is 20.5 Å². The van der Waals surface area contributed by atoms with E-state index in [1.807, 2.05) is 18.3 Å². The van der Waals surface area contributed by atoms with Crippen LogP contribution >= 0.6 is 0 Å². The maximum absolute atomic E-state index is 6.01. The molecule has 2 N–H and O–H groups in total. The van der Waals surface area contributed by atoms with Gasteiger partial charge >= 0.3 is 0 Å². The van der Waals surface area contributed by atoms with E-state index < -0.39 is 0 Å². The number of hydrogen-bond acceptors (Lipinski definition) is 5. The predicted octanol–water partition coefficient (Wildman–Crippen LogP) is 2.42. The van der Waals surface area contributed by atoms with Gasteiger partial charge in [-0.25, -0.2) is 4.98 Å². The van der Waals surface area contributed by atoms with Gasteiger partial charge in [0.05, 0.1) is 12.7 Å². The van der Waals surface area contributed by atoms with Crippen molar-refractivity contribution in [1.29, 1.82) is 0 Å². The van der Waals surface area contributed by atoms with E-state index in [1.165, 1.54) is 12.8 Å². The highest BCUT2D eigenvalue weighted by atomic mass is 16.5. The topological polar surface area (TPSA) is 71.0 Å². The normalized spacial score (nSPS) is 21.5. The Morgan fingerprint density at radius 2 is 2.17 bits per heavy atom. The Labute approximate surface area is 175 Å². The van der Waals surface area contributed by atoms with Gasteiger partial charge in [-0.1, -0.05) is 13.8 Å². The molecule has 2 fully saturated rings. The number of morpholine rings is 1. The summed E-state index contributed by atoms with van der Waals surface area (Å²) in [6, 6.07) is 4.03. The van der Waals surface area contributed by atoms with Crippen LogP contribution in [0, 0.1) is 5.92 Å². The van der Waals surface area contributed by atoms with Crippen LogP contribution in [-0.4, -0.2) is 67.9 Å². The van der Waals surface area contributed by atoms with Crippen molar-refractivity contribution in [2.24, 2.45) is 10.9 Å². The van der Waals surface area contributed by atoms with Gasteiger partial charge in [0.25, 0.3) is 0 Å². The minimum absolute atomic E-state index is 0.188. The summed E-state index contributed by atoms with van der Waals surface area (Å²) in [6.07, 6.45) is 7.12. The maximum Gasteiger partial charge on any atom is 0.213 e. The van der Waals surface area contributed by atoms with E-state index in [9.17, 15) is 0 Å². The Hall–Kier alpha value is -1.86. The van der Waals surface area contributed by atoms with Crippen molar-refractivity contribution in [3.05, 3.63) is 23.9 Å². The van der Waals surface area contributed by atoms with E-state index in [4.69, 9.17) is 9.47 Å². The molecule has 7 nitrogen and oxygen atoms in total. The third-order valence-electron chi connectivity index (χ3n) is 5.42. The van der Waals surface area contributed by atoms with E-state index in [0.29, 0.717) is 18.6 Å². The van der Waals surface area contributed by atoms with Crippen molar-refractivity contribution < 1.29 is 9.47 Å². The zero-order valence-corrected chi connectivity index (χ0v) is 18.2. The van der Waals surface area contributed by atoms with Crippen LogP contribution in [0.5, 0.6) is 5.88 Å². The number of guanidine groups is 1. The molecular weight excluding hydrogens is 366 g/mol. The van der Waals surface area contributed by atoms with Gasteiger partial charge in [-0.3, -0.25) is 9.89 Å². The fraction of sp³-hybridized carbons (Fsp3) is 0.727. The molecule has 0 spiro atoms. The lowest BCUT2D eigenvalue weighted by atomic mass is 10.2. The molecule has 7 heteroatoms. The van der Waals surface area contributed by atoms with Gasteiger partial charge < -0.3 is 20.1 Å². The molecule has 1 saturated heterocycles. The largest absolute Gasteiger partial charge is 0.474 e. The van der Waals surface area contributed by atoms with Gasteiger partial charge in [0, 0.05) is 52.0 Å². The SMILES string of the molecule is CN=C(NCc1ccnc(OC2CCCC2)c1)NCC1CN(CC(C)C)CCO1. The summed E-state index contributed by atoms with van der Waals surface area (Å²) < 4.78 is 11.9. The van der Waals surface area contributed by atoms with E-state index in [1.54, 1.807) is 7.05 Å². The summed E-state index contributed by atoms with van der Waals surface area (Å²) in [5, 5.41) is 6.77. The first-order valence-electron chi connectivity index (χ1n) is 11.0. The van der Waals surface area contributed by atoms with Crippen molar-refractivity contribution in [2.45, 2.75) is 58.3 Å². The van der Waals surface area contributed by atoms with Gasteiger partial charge in [-0.15, -0.1) is 0 Å². The van der Waals surface area contributed by atoms with Crippen LogP contribution in [-0.2, 0) is 11.3 Å². The van der Waals surface area contributed by atoms with Crippen molar-refractivity contribution >= 4 is 5.96 Å². The van der Waals surface area contributed by atoms with Gasteiger partial charge in [-0.2, -0.15) is 0 Å². The Morgan fingerprint density at radius 3 is 2.93 bits per heavy atom. The Morgan fingerprint density at radius 1 is 1.34 bits per heavy atom. The Bertz CT molecular complexity index is 646. The molecule has 0 bridgehead atoms. The molecule has 0 amide bonds. The van der Waals surface area contributed by atoms with Crippen LogP contribution in [0.25, 0.3) is 0 Å². The number of nitrogens with one attached hydrogen (secondary N) is 2. The predicted molar refractivity (Wildman–Crippen MR) is 116 cm³/mol. The van der Waals surface area contributed by atoms with E-state index in [2.05, 4.69) is 39.4 Å². The highest BCUT2D eigenvalue weighted by Crippen LogP contribution is 2.23. The molecular formula is C22H37N5O2. The molecule has 1 aromatic heterocycles. The van der Waals surface area contributed by atoms with Crippen molar-refractivity contribution in [3.8, 4) is 5.88 Å². The second kappa shape index (κ2) is 11.4. The summed E-state index contributed by atoms with van der Waals surface area (Å²) in [5.41, 5.74) is 1.13. The maximum atomic E-state index is 6.01. The van der Waals surface area contributed by atoms with E-state index >= 15 is 0 Å². The molecule has 1 aliphatic heterocycles. The second-order valence-corrected chi connectivity index (χ2v) is 8.48. The molecule has 0 aromatic carbocycles. The number of rotatable bonds is 8. The first kappa shape index (κ1) is 21.8. The van der Waals surface area contributed by atoms with E-state index in [-0.39, 0.29) is 6.10 Å². The summed E-state index contributed by atoms with van der Waals surface area (Å²) in [6.45, 7) is 9.86. The van der Waals surface area contributed by atoms with Gasteiger partial charge in [0.15, 0.2) is 5.96 Å². The molecule has 1 aromatic rings. The molecule has 3 rings (SSSR count). The molecule has 1 unspecified atom stereocenters. The van der Waals surface area contributed by atoms with Gasteiger partial charge in [0.1, 0.15) is 6.10 Å². The minimum Gasteiger partial charge on any atom is -0.474 e. The number of pyridine rings is 1. The molecule has 2 aliphatic rings. The Balaban J connectivity index is 1.42. The third kappa shape index (κ3) is 7.48. The summed E-state index contributed by atoms with van der Waals surface area (Å²) in [5.74, 6) is 2.18. The van der Waals surface area contributed by atoms with Crippen LogP contribution in [0.2, 0.25) is 0 Å². The number of hydrogen-bond donors (Lipinski definition) is 2. The molecule has 2 heterocycles. The Kier molecular flexibility index (Phi) is 8.55. The number of ether oxygens (including phenoxy) is 2. The number of aromatic nitrogens is 1. The fourth-order valence-corrected chi connectivity index (χ4v) is 4.00. The lowest BCUT2D eigenvalue weighted by Gasteiger charge is -2.34. The average molecular weight is 404 g/mol. The quantitative estimate of drug-likeness (QED) is 0.513. The average Bonchev–Trinajstić information content (AvgIpc) is 3.21. The van der Waals surface area contributed by atoms with Crippen LogP contribution < -0.4 is 15.4 Å². The number of aliphatic imine (C=N–C) groups is 1. The molecule has 29 heavy (non-hydrogen) atoms. The monoisotopic (exact) mass is 403 g/mol. The molecule has 1 aliphatic carbocycles. The molecule has 162 valence electrons. The van der Waals surface area contributed by atoms with Crippen LogP contribution in [0.15, 0.2) is 23.3 Å². The third-order valence-corrected chi connectivity index (χ3v) is 5.42. The highest BCUT2D eigenvalue weighted by molar-refractivity contribution is 5.79. The van der Waals surface area contributed by atoms with Crippen LogP contribution in [0.1, 0.15) is 45.1 Å². The fourth-order valence-electron chi connectivity index (χ4n) is 4.00. The zero-order valence-electron chi connectivity index (χ0n) is 18.2. The standard InChI is InChI=1S/C22H37N5O2/c1-17(2)15-27-10-11-28-20(16-27)14-26-22(23-3)25-13-18-8-9-24-21(12-18)29-19-6-4-5-7-19/h8-9,12,17,19-20H,4-7,10-11,13-16H2,1-3H3,(H2,23,25,26). The van der Waals surface area contributed by atoms with Crippen molar-refractivity contribution in [3.63, 3.8) is 0 Å². The van der Waals surface area contributed by atoms with Crippen LogP contribution in [0.3, 0.4) is 0 Å². The van der Waals surface area contributed by atoms with Crippen molar-refractivity contribution in [2.75, 3.05) is 39.8 Å². The van der Waals surface area contributed by atoms with Gasteiger partial charge in [-0.05, 0) is 43.2 Å². The molecule has 0 radical (unpaired) electrons. The lowest BCUT2D eigenvalue weighted by Crippen LogP contribution is -2.50.